The van der Waals surface area contributed by atoms with Gasteiger partial charge in [0.2, 0.25) is 0 Å². The highest BCUT2D eigenvalue weighted by atomic mass is 19.1. The first-order valence-electron chi connectivity index (χ1n) is 6.99. The molecular formula is C14H16FN5O2. The summed E-state index contributed by atoms with van der Waals surface area (Å²) in [5.74, 6) is 0.447. The van der Waals surface area contributed by atoms with Crippen LogP contribution in [0.15, 0.2) is 18.5 Å². The van der Waals surface area contributed by atoms with E-state index in [0.717, 1.165) is 18.4 Å². The number of ether oxygens (including phenoxy) is 1. The average Bonchev–Trinajstić information content (AvgIpc) is 2.89. The van der Waals surface area contributed by atoms with Crippen molar-refractivity contribution < 1.29 is 13.9 Å². The Morgan fingerprint density at radius 3 is 3.23 bits per heavy atom. The summed E-state index contributed by atoms with van der Waals surface area (Å²) in [4.78, 5) is 20.1. The number of methoxy groups -OCH3 is 1. The number of fused-ring (bicyclic) bond motifs is 1. The zero-order valence-electron chi connectivity index (χ0n) is 12.1. The van der Waals surface area contributed by atoms with Gasteiger partial charge in [-0.15, -0.1) is 0 Å². The Morgan fingerprint density at radius 2 is 2.45 bits per heavy atom. The minimum atomic E-state index is -0.625. The maximum Gasteiger partial charge on any atom is 0.254 e. The van der Waals surface area contributed by atoms with Gasteiger partial charge in [0.05, 0.1) is 18.3 Å². The normalized spacial score (nSPS) is 17.1. The molecule has 2 aromatic heterocycles. The van der Waals surface area contributed by atoms with Crippen LogP contribution in [0.5, 0.6) is 0 Å². The van der Waals surface area contributed by atoms with Crippen molar-refractivity contribution in [3.05, 3.63) is 41.5 Å². The minimum Gasteiger partial charge on any atom is -0.377 e. The Labute approximate surface area is 126 Å². The Kier molecular flexibility index (Phi) is 4.10. The fraction of sp³-hybridized carbons (Fsp3) is 0.429. The first kappa shape index (κ1) is 14.6. The van der Waals surface area contributed by atoms with E-state index in [0.29, 0.717) is 25.4 Å². The minimum absolute atomic E-state index is 0.000501. The van der Waals surface area contributed by atoms with Crippen molar-refractivity contribution in [3.63, 3.8) is 0 Å². The third-order valence-corrected chi connectivity index (χ3v) is 3.53. The highest BCUT2D eigenvalue weighted by Crippen LogP contribution is 2.14. The summed E-state index contributed by atoms with van der Waals surface area (Å²) < 4.78 is 20.3. The summed E-state index contributed by atoms with van der Waals surface area (Å²) in [6.07, 6.45) is 3.87. The molecule has 8 heteroatoms. The summed E-state index contributed by atoms with van der Waals surface area (Å²) in [6, 6.07) is 1.26. The maximum atomic E-state index is 13.6. The molecule has 0 fully saturated rings. The topological polar surface area (TPSA) is 81.9 Å². The second kappa shape index (κ2) is 6.18. The Balaban J connectivity index is 1.67. The first-order valence-corrected chi connectivity index (χ1v) is 6.99. The van der Waals surface area contributed by atoms with Gasteiger partial charge in [0.25, 0.3) is 5.91 Å². The van der Waals surface area contributed by atoms with Gasteiger partial charge in [-0.3, -0.25) is 9.78 Å². The van der Waals surface area contributed by atoms with Crippen LogP contribution in [0.1, 0.15) is 28.4 Å². The van der Waals surface area contributed by atoms with E-state index in [4.69, 9.17) is 4.74 Å². The van der Waals surface area contributed by atoms with E-state index in [-0.39, 0.29) is 11.6 Å². The number of amides is 1. The highest BCUT2D eigenvalue weighted by Gasteiger charge is 2.24. The molecule has 3 heterocycles. The zero-order valence-corrected chi connectivity index (χ0v) is 12.1. The van der Waals surface area contributed by atoms with Crippen LogP contribution in [0.25, 0.3) is 0 Å². The van der Waals surface area contributed by atoms with Gasteiger partial charge in [0.1, 0.15) is 12.4 Å². The summed E-state index contributed by atoms with van der Waals surface area (Å²) in [6.45, 7) is 0.879. The number of carbonyl (C=O) groups excluding carboxylic acids is 1. The van der Waals surface area contributed by atoms with Crippen LogP contribution in [0, 0.1) is 5.82 Å². The van der Waals surface area contributed by atoms with E-state index in [1.807, 2.05) is 0 Å². The molecule has 0 spiro atoms. The van der Waals surface area contributed by atoms with Crippen LogP contribution in [0.4, 0.5) is 4.39 Å². The van der Waals surface area contributed by atoms with E-state index in [9.17, 15) is 9.18 Å². The van der Waals surface area contributed by atoms with Crippen LogP contribution in [-0.2, 0) is 24.3 Å². The number of nitrogens with one attached hydrogen (secondary N) is 1. The van der Waals surface area contributed by atoms with Crippen LogP contribution in [0.2, 0.25) is 0 Å². The number of rotatable bonds is 4. The molecule has 0 radical (unpaired) electrons. The van der Waals surface area contributed by atoms with E-state index in [1.165, 1.54) is 12.3 Å². The molecule has 0 bridgehead atoms. The lowest BCUT2D eigenvalue weighted by Crippen LogP contribution is -2.41. The van der Waals surface area contributed by atoms with Gasteiger partial charge in [0.15, 0.2) is 11.6 Å². The van der Waals surface area contributed by atoms with Crippen LogP contribution in [-0.4, -0.2) is 38.8 Å². The zero-order chi connectivity index (χ0) is 15.5. The van der Waals surface area contributed by atoms with Crippen molar-refractivity contribution in [3.8, 4) is 0 Å². The van der Waals surface area contributed by atoms with Crippen molar-refractivity contribution in [2.24, 2.45) is 0 Å². The van der Waals surface area contributed by atoms with Crippen molar-refractivity contribution in [2.75, 3.05) is 7.11 Å². The van der Waals surface area contributed by atoms with E-state index in [1.54, 1.807) is 11.8 Å². The largest absolute Gasteiger partial charge is 0.377 e. The molecule has 1 N–H and O–H groups in total. The SMILES string of the molecule is COCc1nc2n(n1)CC(NC(=O)c1ccncc1F)CC2. The highest BCUT2D eigenvalue weighted by molar-refractivity contribution is 5.94. The number of pyridine rings is 1. The molecule has 3 rings (SSSR count). The molecule has 1 aliphatic rings. The van der Waals surface area contributed by atoms with E-state index < -0.39 is 11.7 Å². The average molecular weight is 305 g/mol. The number of aromatic nitrogens is 4. The Bertz CT molecular complexity index is 688. The van der Waals surface area contributed by atoms with Gasteiger partial charge >= 0.3 is 0 Å². The first-order chi connectivity index (χ1) is 10.7. The fourth-order valence-electron chi connectivity index (χ4n) is 2.49. The number of carbonyl (C=O) groups is 1. The molecule has 0 saturated heterocycles. The quantitative estimate of drug-likeness (QED) is 0.899. The second-order valence-electron chi connectivity index (χ2n) is 5.12. The summed E-state index contributed by atoms with van der Waals surface area (Å²) in [5.41, 5.74) is -0.000501. The molecule has 1 atom stereocenters. The second-order valence-corrected chi connectivity index (χ2v) is 5.12. The maximum absolute atomic E-state index is 13.6. The summed E-state index contributed by atoms with van der Waals surface area (Å²) in [5, 5.41) is 7.17. The van der Waals surface area contributed by atoms with Gasteiger partial charge in [-0.2, -0.15) is 5.10 Å². The molecule has 1 aliphatic heterocycles. The number of halogens is 1. The number of hydrogen-bond acceptors (Lipinski definition) is 5. The van der Waals surface area contributed by atoms with Crippen LogP contribution < -0.4 is 5.32 Å². The van der Waals surface area contributed by atoms with Gasteiger partial charge < -0.3 is 10.1 Å². The standard InChI is InChI=1S/C14H16FN5O2/c1-22-8-12-18-13-3-2-9(7-20(13)19-12)17-14(21)10-4-5-16-6-11(10)15/h4-6,9H,2-3,7-8H2,1H3,(H,17,21). The molecule has 1 amide bonds. The predicted octanol–water partition coefficient (Wildman–Crippen LogP) is 0.703. The molecule has 116 valence electrons. The third kappa shape index (κ3) is 2.96. The van der Waals surface area contributed by atoms with E-state index in [2.05, 4.69) is 20.4 Å². The summed E-state index contributed by atoms with van der Waals surface area (Å²) in [7, 11) is 1.59. The molecule has 7 nitrogen and oxygen atoms in total. The Morgan fingerprint density at radius 1 is 1.59 bits per heavy atom. The fourth-order valence-corrected chi connectivity index (χ4v) is 2.49. The van der Waals surface area contributed by atoms with Crippen molar-refractivity contribution >= 4 is 5.91 Å². The molecular weight excluding hydrogens is 289 g/mol. The lowest BCUT2D eigenvalue weighted by atomic mass is 10.1. The molecule has 0 aliphatic carbocycles. The third-order valence-electron chi connectivity index (χ3n) is 3.53. The molecule has 2 aromatic rings. The lowest BCUT2D eigenvalue weighted by molar-refractivity contribution is 0.0922. The monoisotopic (exact) mass is 305 g/mol. The molecule has 22 heavy (non-hydrogen) atoms. The number of aryl methyl sites for hydroxylation is 1. The molecule has 0 saturated carbocycles. The number of hydrogen-bond donors (Lipinski definition) is 1. The summed E-state index contributed by atoms with van der Waals surface area (Å²) >= 11 is 0. The van der Waals surface area contributed by atoms with E-state index >= 15 is 0 Å². The molecule has 1 unspecified atom stereocenters. The van der Waals surface area contributed by atoms with Crippen molar-refractivity contribution in [1.82, 2.24) is 25.1 Å². The predicted molar refractivity (Wildman–Crippen MR) is 74.5 cm³/mol. The van der Waals surface area contributed by atoms with Gasteiger partial charge in [-0.25, -0.2) is 14.1 Å². The van der Waals surface area contributed by atoms with Crippen LogP contribution >= 0.6 is 0 Å². The van der Waals surface area contributed by atoms with Gasteiger partial charge in [-0.1, -0.05) is 0 Å². The lowest BCUT2D eigenvalue weighted by Gasteiger charge is -2.23. The van der Waals surface area contributed by atoms with Crippen molar-refractivity contribution in [2.45, 2.75) is 32.0 Å². The van der Waals surface area contributed by atoms with Gasteiger partial charge in [-0.05, 0) is 12.5 Å². The van der Waals surface area contributed by atoms with Crippen molar-refractivity contribution in [1.29, 1.82) is 0 Å². The number of nitrogens with zero attached hydrogens (tertiary/aromatic N) is 4. The van der Waals surface area contributed by atoms with Gasteiger partial charge in [0, 0.05) is 25.8 Å². The Hall–Kier alpha value is -2.35. The molecule has 0 aromatic carbocycles. The smallest absolute Gasteiger partial charge is 0.254 e. The van der Waals surface area contributed by atoms with Crippen LogP contribution in [0.3, 0.4) is 0 Å².